The maximum absolute atomic E-state index is 13.4. The SMILES string of the molecule is CCC(F)(F)Oc1ccc(-c2cc(C(C)=O)nc(-c3cccnc3)n2)cc1. The highest BCUT2D eigenvalue weighted by Crippen LogP contribution is 2.28. The highest BCUT2D eigenvalue weighted by molar-refractivity contribution is 5.93. The van der Waals surface area contributed by atoms with E-state index in [1.54, 1.807) is 42.7 Å². The van der Waals surface area contributed by atoms with E-state index in [1.165, 1.54) is 26.0 Å². The first kappa shape index (κ1) is 18.6. The quantitative estimate of drug-likeness (QED) is 0.585. The van der Waals surface area contributed by atoms with Crippen molar-refractivity contribution in [1.29, 1.82) is 0 Å². The molecular formula is C20H17F2N3O2. The molecule has 1 aromatic carbocycles. The van der Waals surface area contributed by atoms with Gasteiger partial charge in [-0.3, -0.25) is 9.78 Å². The fourth-order valence-corrected chi connectivity index (χ4v) is 2.34. The molecule has 0 bridgehead atoms. The summed E-state index contributed by atoms with van der Waals surface area (Å²) in [4.78, 5) is 24.7. The molecule has 0 amide bonds. The average molecular weight is 369 g/mol. The van der Waals surface area contributed by atoms with Crippen molar-refractivity contribution >= 4 is 5.78 Å². The van der Waals surface area contributed by atoms with Crippen LogP contribution in [0.4, 0.5) is 8.78 Å². The van der Waals surface area contributed by atoms with Gasteiger partial charge in [0.2, 0.25) is 0 Å². The van der Waals surface area contributed by atoms with E-state index in [1.807, 2.05) is 0 Å². The Morgan fingerprint density at radius 2 is 1.85 bits per heavy atom. The molecule has 0 aliphatic heterocycles. The van der Waals surface area contributed by atoms with E-state index in [2.05, 4.69) is 19.7 Å². The first-order chi connectivity index (χ1) is 12.9. The molecule has 0 fully saturated rings. The Morgan fingerprint density at radius 1 is 1.11 bits per heavy atom. The summed E-state index contributed by atoms with van der Waals surface area (Å²) < 4.78 is 31.4. The van der Waals surface area contributed by atoms with Gasteiger partial charge in [0.05, 0.1) is 5.69 Å². The van der Waals surface area contributed by atoms with Crippen molar-refractivity contribution in [3.63, 3.8) is 0 Å². The molecule has 0 spiro atoms. The number of hydrogen-bond donors (Lipinski definition) is 0. The zero-order valence-electron chi connectivity index (χ0n) is 14.8. The molecular weight excluding hydrogens is 352 g/mol. The molecule has 0 unspecified atom stereocenters. The molecule has 2 aromatic heterocycles. The molecule has 3 rings (SSSR count). The lowest BCUT2D eigenvalue weighted by molar-refractivity contribution is -0.177. The number of ketones is 1. The number of aromatic nitrogens is 3. The molecule has 27 heavy (non-hydrogen) atoms. The maximum Gasteiger partial charge on any atom is 0.397 e. The van der Waals surface area contributed by atoms with Crippen molar-refractivity contribution in [1.82, 2.24) is 15.0 Å². The number of halogens is 2. The second-order valence-electron chi connectivity index (χ2n) is 5.88. The van der Waals surface area contributed by atoms with Gasteiger partial charge in [-0.15, -0.1) is 0 Å². The zero-order chi connectivity index (χ0) is 19.4. The highest BCUT2D eigenvalue weighted by atomic mass is 19.3. The number of pyridine rings is 1. The third-order valence-corrected chi connectivity index (χ3v) is 3.84. The van der Waals surface area contributed by atoms with Crippen LogP contribution in [0.15, 0.2) is 54.9 Å². The lowest BCUT2D eigenvalue weighted by Crippen LogP contribution is -2.22. The van der Waals surface area contributed by atoms with Gasteiger partial charge in [-0.2, -0.15) is 8.78 Å². The third-order valence-electron chi connectivity index (χ3n) is 3.84. The van der Waals surface area contributed by atoms with Crippen LogP contribution in [-0.2, 0) is 0 Å². The zero-order valence-corrected chi connectivity index (χ0v) is 14.8. The van der Waals surface area contributed by atoms with E-state index < -0.39 is 12.5 Å². The number of ether oxygens (including phenoxy) is 1. The van der Waals surface area contributed by atoms with Gasteiger partial charge < -0.3 is 4.74 Å². The predicted molar refractivity (Wildman–Crippen MR) is 96.6 cm³/mol. The predicted octanol–water partition coefficient (Wildman–Crippen LogP) is 4.79. The molecule has 0 saturated heterocycles. The van der Waals surface area contributed by atoms with Gasteiger partial charge >= 0.3 is 6.11 Å². The van der Waals surface area contributed by atoms with Gasteiger partial charge in [-0.25, -0.2) is 9.97 Å². The van der Waals surface area contributed by atoms with E-state index in [0.717, 1.165) is 0 Å². The van der Waals surface area contributed by atoms with Crippen LogP contribution in [-0.4, -0.2) is 26.8 Å². The van der Waals surface area contributed by atoms with Crippen molar-refractivity contribution < 1.29 is 18.3 Å². The van der Waals surface area contributed by atoms with E-state index in [0.29, 0.717) is 22.6 Å². The van der Waals surface area contributed by atoms with E-state index in [9.17, 15) is 13.6 Å². The Labute approximate surface area is 155 Å². The smallest absolute Gasteiger partial charge is 0.397 e. The molecule has 0 radical (unpaired) electrons. The van der Waals surface area contributed by atoms with Gasteiger partial charge in [0.25, 0.3) is 0 Å². The van der Waals surface area contributed by atoms with E-state index in [-0.39, 0.29) is 17.2 Å². The average Bonchev–Trinajstić information content (AvgIpc) is 2.68. The van der Waals surface area contributed by atoms with Gasteiger partial charge in [-0.1, -0.05) is 6.92 Å². The second kappa shape index (κ2) is 7.57. The van der Waals surface area contributed by atoms with Crippen LogP contribution < -0.4 is 4.74 Å². The Bertz CT molecular complexity index is 945. The fourth-order valence-electron chi connectivity index (χ4n) is 2.34. The number of nitrogens with zero attached hydrogens (tertiary/aromatic N) is 3. The van der Waals surface area contributed by atoms with Crippen LogP contribution in [0.25, 0.3) is 22.6 Å². The molecule has 5 nitrogen and oxygen atoms in total. The van der Waals surface area contributed by atoms with Crippen LogP contribution in [0.5, 0.6) is 5.75 Å². The van der Waals surface area contributed by atoms with Crippen molar-refractivity contribution in [2.45, 2.75) is 26.4 Å². The molecule has 0 saturated carbocycles. The lowest BCUT2D eigenvalue weighted by atomic mass is 10.1. The summed E-state index contributed by atoms with van der Waals surface area (Å²) in [5, 5.41) is 0. The van der Waals surface area contributed by atoms with Crippen LogP contribution >= 0.6 is 0 Å². The highest BCUT2D eigenvalue weighted by Gasteiger charge is 2.28. The van der Waals surface area contributed by atoms with Crippen LogP contribution in [0, 0.1) is 0 Å². The fraction of sp³-hybridized carbons (Fsp3) is 0.200. The van der Waals surface area contributed by atoms with Crippen molar-refractivity contribution in [2.75, 3.05) is 0 Å². The van der Waals surface area contributed by atoms with Gasteiger partial charge in [0.1, 0.15) is 11.4 Å². The first-order valence-electron chi connectivity index (χ1n) is 8.35. The van der Waals surface area contributed by atoms with Gasteiger partial charge in [-0.05, 0) is 42.5 Å². The van der Waals surface area contributed by atoms with Crippen molar-refractivity contribution in [2.24, 2.45) is 0 Å². The summed E-state index contributed by atoms with van der Waals surface area (Å²) in [6.45, 7) is 2.77. The number of carbonyl (C=O) groups excluding carboxylic acids is 1. The van der Waals surface area contributed by atoms with Gasteiger partial charge in [0, 0.05) is 36.9 Å². The topological polar surface area (TPSA) is 65.0 Å². The van der Waals surface area contributed by atoms with Gasteiger partial charge in [0.15, 0.2) is 11.6 Å². The van der Waals surface area contributed by atoms with Crippen molar-refractivity contribution in [3.05, 3.63) is 60.6 Å². The third kappa shape index (κ3) is 4.49. The van der Waals surface area contributed by atoms with E-state index >= 15 is 0 Å². The minimum atomic E-state index is -3.22. The molecule has 3 aromatic rings. The van der Waals surface area contributed by atoms with E-state index in [4.69, 9.17) is 0 Å². The van der Waals surface area contributed by atoms with Crippen molar-refractivity contribution in [3.8, 4) is 28.4 Å². The van der Waals surface area contributed by atoms with Crippen LogP contribution in [0.2, 0.25) is 0 Å². The minimum Gasteiger partial charge on any atom is -0.433 e. The number of benzene rings is 1. The molecule has 0 atom stereocenters. The number of alkyl halides is 2. The largest absolute Gasteiger partial charge is 0.433 e. The molecule has 7 heteroatoms. The number of Topliss-reactive ketones (excluding diaryl/α,β-unsaturated/α-hetero) is 1. The summed E-state index contributed by atoms with van der Waals surface area (Å²) in [6, 6.07) is 11.2. The molecule has 0 N–H and O–H groups in total. The standard InChI is InChI=1S/C20H17F2N3O2/c1-3-20(21,22)27-16-8-6-14(7-9-16)18-11-17(13(2)26)24-19(25-18)15-5-4-10-23-12-15/h4-12H,3H2,1-2H3. The maximum atomic E-state index is 13.4. The minimum absolute atomic E-state index is 0.0546. The van der Waals surface area contributed by atoms with Crippen LogP contribution in [0.3, 0.4) is 0 Å². The Balaban J connectivity index is 1.98. The molecule has 0 aliphatic rings. The van der Waals surface area contributed by atoms with Crippen LogP contribution in [0.1, 0.15) is 30.8 Å². The number of hydrogen-bond acceptors (Lipinski definition) is 5. The number of rotatable bonds is 6. The second-order valence-corrected chi connectivity index (χ2v) is 5.88. The molecule has 138 valence electrons. The molecule has 0 aliphatic carbocycles. The summed E-state index contributed by atoms with van der Waals surface area (Å²) in [6.07, 6.45) is -0.403. The Kier molecular flexibility index (Phi) is 5.21. The summed E-state index contributed by atoms with van der Waals surface area (Å²) in [5.41, 5.74) is 2.08. The summed E-state index contributed by atoms with van der Waals surface area (Å²) in [7, 11) is 0. The summed E-state index contributed by atoms with van der Waals surface area (Å²) in [5.74, 6) is 0.217. The monoisotopic (exact) mass is 369 g/mol. The Hall–Kier alpha value is -3.22. The Morgan fingerprint density at radius 3 is 2.44 bits per heavy atom. The molecule has 2 heterocycles. The lowest BCUT2D eigenvalue weighted by Gasteiger charge is -2.16. The number of carbonyl (C=O) groups is 1. The summed E-state index contributed by atoms with van der Waals surface area (Å²) >= 11 is 0. The first-order valence-corrected chi connectivity index (χ1v) is 8.35. The normalized spacial score (nSPS) is 11.3.